The first kappa shape index (κ1) is 14.3. The van der Waals surface area contributed by atoms with Gasteiger partial charge in [-0.1, -0.05) is 30.3 Å². The van der Waals surface area contributed by atoms with Gasteiger partial charge < -0.3 is 5.32 Å². The van der Waals surface area contributed by atoms with Gasteiger partial charge in [-0.25, -0.2) is 0 Å². The van der Waals surface area contributed by atoms with E-state index >= 15 is 0 Å². The Kier molecular flexibility index (Phi) is 4.93. The van der Waals surface area contributed by atoms with Crippen molar-refractivity contribution in [1.82, 2.24) is 15.1 Å². The molecule has 1 aromatic heterocycles. The van der Waals surface area contributed by atoms with Crippen LogP contribution in [0.1, 0.15) is 23.4 Å². The molecule has 20 heavy (non-hydrogen) atoms. The van der Waals surface area contributed by atoms with Gasteiger partial charge in [0.05, 0.1) is 5.69 Å². The molecule has 0 unspecified atom stereocenters. The lowest BCUT2D eigenvalue weighted by Crippen LogP contribution is -2.29. The Bertz CT molecular complexity index is 560. The van der Waals surface area contributed by atoms with Crippen molar-refractivity contribution in [3.8, 4) is 0 Å². The molecule has 0 radical (unpaired) electrons. The maximum absolute atomic E-state index is 11.8. The summed E-state index contributed by atoms with van der Waals surface area (Å²) >= 11 is 0. The van der Waals surface area contributed by atoms with Gasteiger partial charge in [0, 0.05) is 12.2 Å². The highest BCUT2D eigenvalue weighted by Crippen LogP contribution is 2.02. The minimum Gasteiger partial charge on any atom is -0.354 e. The molecule has 2 aromatic rings. The molecular weight excluding hydrogens is 250 g/mol. The van der Waals surface area contributed by atoms with E-state index in [1.165, 1.54) is 5.56 Å². The normalized spacial score (nSPS) is 10.5. The smallest absolute Gasteiger partial charge is 0.241 e. The molecule has 0 aliphatic carbocycles. The molecule has 106 valence electrons. The number of rotatable bonds is 6. The predicted octanol–water partition coefficient (Wildman–Crippen LogP) is 2.25. The van der Waals surface area contributed by atoms with E-state index < -0.39 is 0 Å². The molecule has 1 amide bonds. The quantitative estimate of drug-likeness (QED) is 0.819. The lowest BCUT2D eigenvalue weighted by Gasteiger charge is -2.07. The van der Waals surface area contributed by atoms with E-state index in [1.807, 2.05) is 38.1 Å². The first-order valence-electron chi connectivity index (χ1n) is 6.97. The minimum absolute atomic E-state index is 0.0178. The highest BCUT2D eigenvalue weighted by Gasteiger charge is 2.06. The van der Waals surface area contributed by atoms with Crippen molar-refractivity contribution in [1.29, 1.82) is 0 Å². The molecule has 1 N–H and O–H groups in total. The van der Waals surface area contributed by atoms with E-state index in [0.717, 1.165) is 24.2 Å². The summed E-state index contributed by atoms with van der Waals surface area (Å²) in [6.07, 6.45) is 1.94. The van der Waals surface area contributed by atoms with Crippen LogP contribution < -0.4 is 5.32 Å². The van der Waals surface area contributed by atoms with Crippen LogP contribution in [0.3, 0.4) is 0 Å². The monoisotopic (exact) mass is 271 g/mol. The zero-order chi connectivity index (χ0) is 14.4. The van der Waals surface area contributed by atoms with Crippen molar-refractivity contribution in [3.05, 3.63) is 53.3 Å². The molecule has 0 fully saturated rings. The van der Waals surface area contributed by atoms with Crippen LogP contribution in [0.2, 0.25) is 0 Å². The summed E-state index contributed by atoms with van der Waals surface area (Å²) in [6, 6.07) is 12.3. The van der Waals surface area contributed by atoms with Crippen LogP contribution in [0.5, 0.6) is 0 Å². The third-order valence-electron chi connectivity index (χ3n) is 3.20. The number of benzene rings is 1. The van der Waals surface area contributed by atoms with Crippen LogP contribution in [0.25, 0.3) is 0 Å². The van der Waals surface area contributed by atoms with Gasteiger partial charge in [0.2, 0.25) is 5.91 Å². The molecule has 1 heterocycles. The SMILES string of the molecule is Cc1cc(C)n(CC(=O)NCCCc2ccccc2)n1. The summed E-state index contributed by atoms with van der Waals surface area (Å²) in [7, 11) is 0. The van der Waals surface area contributed by atoms with Crippen molar-refractivity contribution >= 4 is 5.91 Å². The van der Waals surface area contributed by atoms with Crippen molar-refractivity contribution in [2.24, 2.45) is 0 Å². The molecule has 0 aliphatic rings. The summed E-state index contributed by atoms with van der Waals surface area (Å²) in [5.41, 5.74) is 3.27. The van der Waals surface area contributed by atoms with E-state index in [-0.39, 0.29) is 5.91 Å². The van der Waals surface area contributed by atoms with Gasteiger partial charge in [-0.3, -0.25) is 9.48 Å². The Morgan fingerprint density at radius 1 is 1.25 bits per heavy atom. The first-order chi connectivity index (χ1) is 9.65. The minimum atomic E-state index is 0.0178. The maximum Gasteiger partial charge on any atom is 0.241 e. The van der Waals surface area contributed by atoms with Crippen LogP contribution >= 0.6 is 0 Å². The third-order valence-corrected chi connectivity index (χ3v) is 3.20. The van der Waals surface area contributed by atoms with E-state index in [2.05, 4.69) is 22.5 Å². The fraction of sp³-hybridized carbons (Fsp3) is 0.375. The van der Waals surface area contributed by atoms with Gasteiger partial charge in [0.25, 0.3) is 0 Å². The zero-order valence-corrected chi connectivity index (χ0v) is 12.1. The number of nitrogens with one attached hydrogen (secondary N) is 1. The Labute approximate surface area is 119 Å². The van der Waals surface area contributed by atoms with E-state index in [0.29, 0.717) is 13.1 Å². The molecule has 1 aromatic carbocycles. The van der Waals surface area contributed by atoms with Crippen LogP contribution in [0.4, 0.5) is 0 Å². The molecule has 0 atom stereocenters. The zero-order valence-electron chi connectivity index (χ0n) is 12.1. The Morgan fingerprint density at radius 3 is 2.65 bits per heavy atom. The van der Waals surface area contributed by atoms with E-state index in [1.54, 1.807) is 4.68 Å². The van der Waals surface area contributed by atoms with Crippen molar-refractivity contribution in [2.45, 2.75) is 33.2 Å². The van der Waals surface area contributed by atoms with E-state index in [4.69, 9.17) is 0 Å². The van der Waals surface area contributed by atoms with Crippen LogP contribution in [-0.4, -0.2) is 22.2 Å². The Morgan fingerprint density at radius 2 is 2.00 bits per heavy atom. The summed E-state index contributed by atoms with van der Waals surface area (Å²) < 4.78 is 1.74. The van der Waals surface area contributed by atoms with Gasteiger partial charge >= 0.3 is 0 Å². The topological polar surface area (TPSA) is 46.9 Å². The highest BCUT2D eigenvalue weighted by atomic mass is 16.2. The molecule has 0 spiro atoms. The van der Waals surface area contributed by atoms with Crippen LogP contribution in [0.15, 0.2) is 36.4 Å². The molecule has 4 nitrogen and oxygen atoms in total. The average molecular weight is 271 g/mol. The number of carbonyl (C=O) groups is 1. The number of carbonyl (C=O) groups excluding carboxylic acids is 1. The van der Waals surface area contributed by atoms with Crippen LogP contribution in [-0.2, 0) is 17.8 Å². The van der Waals surface area contributed by atoms with Crippen molar-refractivity contribution in [2.75, 3.05) is 6.54 Å². The maximum atomic E-state index is 11.8. The second kappa shape index (κ2) is 6.89. The molecule has 4 heteroatoms. The molecule has 0 aliphatic heterocycles. The highest BCUT2D eigenvalue weighted by molar-refractivity contribution is 5.75. The Hall–Kier alpha value is -2.10. The molecule has 0 saturated heterocycles. The molecule has 0 bridgehead atoms. The average Bonchev–Trinajstić information content (AvgIpc) is 2.74. The van der Waals surface area contributed by atoms with Gasteiger partial charge in [0.1, 0.15) is 6.54 Å². The summed E-state index contributed by atoms with van der Waals surface area (Å²) in [5, 5.41) is 7.22. The summed E-state index contributed by atoms with van der Waals surface area (Å²) in [6.45, 7) is 4.89. The van der Waals surface area contributed by atoms with Gasteiger partial charge in [-0.05, 0) is 38.3 Å². The first-order valence-corrected chi connectivity index (χ1v) is 6.97. The number of aryl methyl sites for hydroxylation is 3. The largest absolute Gasteiger partial charge is 0.354 e. The molecular formula is C16H21N3O. The summed E-state index contributed by atoms with van der Waals surface area (Å²) in [4.78, 5) is 11.8. The lowest BCUT2D eigenvalue weighted by atomic mass is 10.1. The number of aromatic nitrogens is 2. The fourth-order valence-corrected chi connectivity index (χ4v) is 2.19. The van der Waals surface area contributed by atoms with Crippen LogP contribution in [0, 0.1) is 13.8 Å². The number of hydrogen-bond acceptors (Lipinski definition) is 2. The Balaban J connectivity index is 1.69. The van der Waals surface area contributed by atoms with Crippen molar-refractivity contribution < 1.29 is 4.79 Å². The van der Waals surface area contributed by atoms with Crippen molar-refractivity contribution in [3.63, 3.8) is 0 Å². The number of amides is 1. The number of hydrogen-bond donors (Lipinski definition) is 1. The predicted molar refractivity (Wildman–Crippen MR) is 79.5 cm³/mol. The van der Waals surface area contributed by atoms with Gasteiger partial charge in [-0.2, -0.15) is 5.10 Å². The number of nitrogens with zero attached hydrogens (tertiary/aromatic N) is 2. The second-order valence-corrected chi connectivity index (χ2v) is 5.02. The van der Waals surface area contributed by atoms with Gasteiger partial charge in [-0.15, -0.1) is 0 Å². The molecule has 2 rings (SSSR count). The third kappa shape index (κ3) is 4.23. The standard InChI is InChI=1S/C16H21N3O/c1-13-11-14(2)19(18-13)12-16(20)17-10-6-9-15-7-4-3-5-8-15/h3-5,7-8,11H,6,9-10,12H2,1-2H3,(H,17,20). The van der Waals surface area contributed by atoms with Gasteiger partial charge in [0.15, 0.2) is 0 Å². The fourth-order valence-electron chi connectivity index (χ4n) is 2.19. The second-order valence-electron chi connectivity index (χ2n) is 5.02. The van der Waals surface area contributed by atoms with E-state index in [9.17, 15) is 4.79 Å². The summed E-state index contributed by atoms with van der Waals surface area (Å²) in [5.74, 6) is 0.0178. The molecule has 0 saturated carbocycles. The lowest BCUT2D eigenvalue weighted by molar-refractivity contribution is -0.121.